The highest BCUT2D eigenvalue weighted by molar-refractivity contribution is 5.93. The van der Waals surface area contributed by atoms with E-state index in [-0.39, 0.29) is 23.5 Å². The van der Waals surface area contributed by atoms with Crippen LogP contribution in [0.3, 0.4) is 0 Å². The van der Waals surface area contributed by atoms with Crippen LogP contribution >= 0.6 is 0 Å². The standard InChI is InChI=1S/C15H12F2N6O2/c16-12-5-9(15(24)21-25)6-13(17)11(12)7-23-20-14(19-22-23)8-1-3-10(18)4-2-8/h1-6,25H,7,18H2,(H,21,24). The molecule has 3 aromatic rings. The summed E-state index contributed by atoms with van der Waals surface area (Å²) in [6, 6.07) is 8.34. The number of nitrogens with two attached hydrogens (primary N) is 1. The highest BCUT2D eigenvalue weighted by Gasteiger charge is 2.17. The molecule has 0 aliphatic heterocycles. The first-order valence-corrected chi connectivity index (χ1v) is 7.04. The SMILES string of the molecule is Nc1ccc(-c2nnn(Cc3c(F)cc(C(=O)NO)cc3F)n2)cc1. The first-order valence-electron chi connectivity index (χ1n) is 7.04. The highest BCUT2D eigenvalue weighted by atomic mass is 19.1. The lowest BCUT2D eigenvalue weighted by Crippen LogP contribution is -2.19. The van der Waals surface area contributed by atoms with Crippen molar-refractivity contribution in [3.8, 4) is 11.4 Å². The second kappa shape index (κ2) is 6.61. The van der Waals surface area contributed by atoms with Crippen molar-refractivity contribution in [2.75, 3.05) is 5.73 Å². The Balaban J connectivity index is 1.86. The van der Waals surface area contributed by atoms with E-state index in [1.165, 1.54) is 5.48 Å². The van der Waals surface area contributed by atoms with Crippen LogP contribution in [0.15, 0.2) is 36.4 Å². The number of anilines is 1. The molecule has 0 radical (unpaired) electrons. The van der Waals surface area contributed by atoms with Crippen molar-refractivity contribution in [2.45, 2.75) is 6.54 Å². The van der Waals surface area contributed by atoms with Crippen molar-refractivity contribution in [3.05, 3.63) is 59.2 Å². The lowest BCUT2D eigenvalue weighted by atomic mass is 10.1. The fourth-order valence-corrected chi connectivity index (χ4v) is 2.15. The van der Waals surface area contributed by atoms with E-state index in [4.69, 9.17) is 10.9 Å². The maximum Gasteiger partial charge on any atom is 0.274 e. The van der Waals surface area contributed by atoms with Crippen LogP contribution in [0.25, 0.3) is 11.4 Å². The minimum atomic E-state index is -1.02. The minimum Gasteiger partial charge on any atom is -0.399 e. The fraction of sp³-hybridized carbons (Fsp3) is 0.0667. The molecule has 8 nitrogen and oxygen atoms in total. The molecule has 0 unspecified atom stereocenters. The average Bonchev–Trinajstić information content (AvgIpc) is 3.06. The largest absolute Gasteiger partial charge is 0.399 e. The monoisotopic (exact) mass is 346 g/mol. The van der Waals surface area contributed by atoms with Crippen LogP contribution in [0.1, 0.15) is 15.9 Å². The van der Waals surface area contributed by atoms with E-state index in [1.54, 1.807) is 24.3 Å². The van der Waals surface area contributed by atoms with Crippen LogP contribution in [-0.4, -0.2) is 31.3 Å². The molecule has 1 amide bonds. The number of nitrogens with one attached hydrogen (secondary N) is 1. The predicted octanol–water partition coefficient (Wildman–Crippen LogP) is 1.37. The Labute approximate surface area is 139 Å². The number of nitrogens with zero attached hydrogens (tertiary/aromatic N) is 4. The number of halogens is 2. The number of nitrogen functional groups attached to an aromatic ring is 1. The Hall–Kier alpha value is -3.40. The molecule has 0 spiro atoms. The van der Waals surface area contributed by atoms with Gasteiger partial charge in [0, 0.05) is 22.4 Å². The summed E-state index contributed by atoms with van der Waals surface area (Å²) in [5.74, 6) is -2.68. The number of carbonyl (C=O) groups excluding carboxylic acids is 1. The van der Waals surface area contributed by atoms with Gasteiger partial charge in [0.05, 0.1) is 6.54 Å². The quantitative estimate of drug-likeness (QED) is 0.373. The average molecular weight is 346 g/mol. The molecule has 0 fully saturated rings. The summed E-state index contributed by atoms with van der Waals surface area (Å²) in [6.45, 7) is -0.319. The Morgan fingerprint density at radius 2 is 1.84 bits per heavy atom. The number of hydrogen-bond donors (Lipinski definition) is 3. The van der Waals surface area contributed by atoms with Crippen LogP contribution in [-0.2, 0) is 6.54 Å². The van der Waals surface area contributed by atoms with Crippen molar-refractivity contribution in [2.24, 2.45) is 0 Å². The Morgan fingerprint density at radius 3 is 2.44 bits per heavy atom. The smallest absolute Gasteiger partial charge is 0.274 e. The van der Waals surface area contributed by atoms with Gasteiger partial charge in [-0.25, -0.2) is 14.3 Å². The molecule has 25 heavy (non-hydrogen) atoms. The number of tetrazole rings is 1. The van der Waals surface area contributed by atoms with Gasteiger partial charge in [0.15, 0.2) is 0 Å². The topological polar surface area (TPSA) is 119 Å². The normalized spacial score (nSPS) is 10.7. The molecule has 0 aliphatic rings. The molecule has 1 aromatic heterocycles. The van der Waals surface area contributed by atoms with Gasteiger partial charge in [-0.2, -0.15) is 4.80 Å². The van der Waals surface area contributed by atoms with E-state index < -0.39 is 17.5 Å². The molecule has 0 aliphatic carbocycles. The third-order valence-corrected chi connectivity index (χ3v) is 3.43. The molecule has 4 N–H and O–H groups in total. The Kier molecular flexibility index (Phi) is 4.35. The molecule has 2 aromatic carbocycles. The minimum absolute atomic E-state index is 0.275. The Bertz CT molecular complexity index is 903. The van der Waals surface area contributed by atoms with Gasteiger partial charge in [0.2, 0.25) is 5.82 Å². The molecule has 10 heteroatoms. The number of carbonyl (C=O) groups is 1. The van der Waals surface area contributed by atoms with Crippen LogP contribution in [0, 0.1) is 11.6 Å². The summed E-state index contributed by atoms with van der Waals surface area (Å²) in [6.07, 6.45) is 0. The molecule has 0 bridgehead atoms. The zero-order valence-corrected chi connectivity index (χ0v) is 12.6. The van der Waals surface area contributed by atoms with Crippen LogP contribution in [0.2, 0.25) is 0 Å². The molecule has 3 rings (SSSR count). The summed E-state index contributed by atoms with van der Waals surface area (Å²) < 4.78 is 28.1. The maximum absolute atomic E-state index is 14.1. The van der Waals surface area contributed by atoms with E-state index in [0.717, 1.165) is 16.9 Å². The highest BCUT2D eigenvalue weighted by Crippen LogP contribution is 2.18. The molecule has 1 heterocycles. The van der Waals surface area contributed by atoms with E-state index >= 15 is 0 Å². The first kappa shape index (κ1) is 16.5. The summed E-state index contributed by atoms with van der Waals surface area (Å²) in [5.41, 5.74) is 7.45. The third-order valence-electron chi connectivity index (χ3n) is 3.43. The molecule has 0 saturated heterocycles. The van der Waals surface area contributed by atoms with E-state index in [2.05, 4.69) is 15.4 Å². The molecule has 128 valence electrons. The number of benzene rings is 2. The first-order chi connectivity index (χ1) is 12.0. The maximum atomic E-state index is 14.1. The lowest BCUT2D eigenvalue weighted by Gasteiger charge is -2.06. The summed E-state index contributed by atoms with van der Waals surface area (Å²) in [4.78, 5) is 12.3. The number of hydroxylamine groups is 1. The van der Waals surface area contributed by atoms with E-state index in [9.17, 15) is 13.6 Å². The molecular weight excluding hydrogens is 334 g/mol. The van der Waals surface area contributed by atoms with Gasteiger partial charge in [0.1, 0.15) is 11.6 Å². The number of rotatable bonds is 4. The molecular formula is C15H12F2N6O2. The van der Waals surface area contributed by atoms with Crippen molar-refractivity contribution in [3.63, 3.8) is 0 Å². The van der Waals surface area contributed by atoms with Gasteiger partial charge in [-0.15, -0.1) is 10.2 Å². The number of aromatic nitrogens is 4. The predicted molar refractivity (Wildman–Crippen MR) is 82.4 cm³/mol. The van der Waals surface area contributed by atoms with Crippen molar-refractivity contribution >= 4 is 11.6 Å². The summed E-state index contributed by atoms with van der Waals surface area (Å²) in [7, 11) is 0. The molecule has 0 saturated carbocycles. The van der Waals surface area contributed by atoms with Gasteiger partial charge in [-0.05, 0) is 41.6 Å². The van der Waals surface area contributed by atoms with E-state index in [0.29, 0.717) is 11.3 Å². The molecule has 0 atom stereocenters. The van der Waals surface area contributed by atoms with Crippen molar-refractivity contribution < 1.29 is 18.8 Å². The van der Waals surface area contributed by atoms with Crippen molar-refractivity contribution in [1.82, 2.24) is 25.7 Å². The number of hydrogen-bond acceptors (Lipinski definition) is 6. The van der Waals surface area contributed by atoms with Gasteiger partial charge >= 0.3 is 0 Å². The zero-order chi connectivity index (χ0) is 18.0. The number of amides is 1. The van der Waals surface area contributed by atoms with Gasteiger partial charge in [-0.1, -0.05) is 0 Å². The fourth-order valence-electron chi connectivity index (χ4n) is 2.15. The summed E-state index contributed by atoms with van der Waals surface area (Å²) in [5, 5.41) is 20.2. The van der Waals surface area contributed by atoms with Crippen LogP contribution in [0.4, 0.5) is 14.5 Å². The van der Waals surface area contributed by atoms with Gasteiger partial charge in [-0.3, -0.25) is 10.0 Å². The lowest BCUT2D eigenvalue weighted by molar-refractivity contribution is 0.0705. The Morgan fingerprint density at radius 1 is 1.20 bits per heavy atom. The van der Waals surface area contributed by atoms with Crippen molar-refractivity contribution in [1.29, 1.82) is 0 Å². The zero-order valence-electron chi connectivity index (χ0n) is 12.6. The van der Waals surface area contributed by atoms with E-state index in [1.807, 2.05) is 0 Å². The summed E-state index contributed by atoms with van der Waals surface area (Å²) >= 11 is 0. The second-order valence-electron chi connectivity index (χ2n) is 5.12. The third kappa shape index (κ3) is 3.43. The van der Waals surface area contributed by atoms with Gasteiger partial charge < -0.3 is 5.73 Å². The van der Waals surface area contributed by atoms with Crippen LogP contribution in [0.5, 0.6) is 0 Å². The van der Waals surface area contributed by atoms with Crippen LogP contribution < -0.4 is 11.2 Å². The van der Waals surface area contributed by atoms with Gasteiger partial charge in [0.25, 0.3) is 5.91 Å². The second-order valence-corrected chi connectivity index (χ2v) is 5.12.